The quantitative estimate of drug-likeness (QED) is 0.754. The second-order valence-corrected chi connectivity index (χ2v) is 4.97. The van der Waals surface area contributed by atoms with Gasteiger partial charge in [-0.2, -0.15) is 0 Å². The van der Waals surface area contributed by atoms with Crippen molar-refractivity contribution >= 4 is 28.3 Å². The molecule has 5 heteroatoms. The predicted molar refractivity (Wildman–Crippen MR) is 84.5 cm³/mol. The lowest BCUT2D eigenvalue weighted by Crippen LogP contribution is -2.19. The second kappa shape index (κ2) is 5.28. The molecule has 0 fully saturated rings. The first-order chi connectivity index (χ1) is 10.1. The van der Waals surface area contributed by atoms with Crippen molar-refractivity contribution in [1.82, 2.24) is 9.55 Å². The molecule has 0 unspecified atom stereocenters. The molecule has 0 saturated heterocycles. The lowest BCUT2D eigenvalue weighted by Gasteiger charge is -2.08. The Morgan fingerprint density at radius 3 is 2.62 bits per heavy atom. The number of anilines is 2. The largest absolute Gasteiger partial charge is 0.350 e. The number of carbonyl (C=O) groups is 1. The number of amides is 2. The molecular formula is C16H16N4O. The van der Waals surface area contributed by atoms with Crippen LogP contribution in [-0.2, 0) is 7.05 Å². The van der Waals surface area contributed by atoms with Crippen molar-refractivity contribution < 1.29 is 4.79 Å². The van der Waals surface area contributed by atoms with E-state index >= 15 is 0 Å². The van der Waals surface area contributed by atoms with E-state index in [9.17, 15) is 4.79 Å². The number of urea groups is 1. The fourth-order valence-electron chi connectivity index (χ4n) is 2.26. The van der Waals surface area contributed by atoms with Crippen LogP contribution in [0.1, 0.15) is 5.69 Å². The van der Waals surface area contributed by atoms with E-state index in [-0.39, 0.29) is 6.03 Å². The van der Waals surface area contributed by atoms with Gasteiger partial charge in [0.2, 0.25) is 0 Å². The highest BCUT2D eigenvalue weighted by Gasteiger charge is 2.05. The van der Waals surface area contributed by atoms with Crippen LogP contribution in [0.4, 0.5) is 16.2 Å². The van der Waals surface area contributed by atoms with Gasteiger partial charge in [-0.3, -0.25) is 4.98 Å². The number of hydrogen-bond donors (Lipinski definition) is 2. The minimum Gasteiger partial charge on any atom is -0.350 e. The van der Waals surface area contributed by atoms with Crippen molar-refractivity contribution in [2.45, 2.75) is 6.92 Å². The Balaban J connectivity index is 1.75. The Kier molecular flexibility index (Phi) is 3.31. The minimum absolute atomic E-state index is 0.269. The van der Waals surface area contributed by atoms with E-state index in [0.29, 0.717) is 0 Å². The molecule has 0 atom stereocenters. The maximum absolute atomic E-state index is 12.0. The van der Waals surface area contributed by atoms with Crippen molar-refractivity contribution in [2.24, 2.45) is 7.05 Å². The van der Waals surface area contributed by atoms with Crippen LogP contribution in [0.25, 0.3) is 10.9 Å². The molecule has 21 heavy (non-hydrogen) atoms. The zero-order valence-corrected chi connectivity index (χ0v) is 11.9. The van der Waals surface area contributed by atoms with Gasteiger partial charge in [0, 0.05) is 42.0 Å². The fourth-order valence-corrected chi connectivity index (χ4v) is 2.26. The molecule has 0 aliphatic carbocycles. The summed E-state index contributed by atoms with van der Waals surface area (Å²) < 4.78 is 2.02. The topological polar surface area (TPSA) is 59.0 Å². The first-order valence-electron chi connectivity index (χ1n) is 6.67. The predicted octanol–water partition coefficient (Wildman–Crippen LogP) is 3.53. The van der Waals surface area contributed by atoms with Crippen molar-refractivity contribution in [1.29, 1.82) is 0 Å². The highest BCUT2D eigenvalue weighted by Crippen LogP contribution is 2.20. The molecule has 5 nitrogen and oxygen atoms in total. The number of aromatic nitrogens is 2. The summed E-state index contributed by atoms with van der Waals surface area (Å²) in [7, 11) is 1.98. The molecule has 2 heterocycles. The van der Waals surface area contributed by atoms with Crippen LogP contribution in [0.15, 0.2) is 48.8 Å². The zero-order valence-electron chi connectivity index (χ0n) is 11.9. The number of aryl methyl sites for hydroxylation is 2. The number of nitrogens with zero attached hydrogens (tertiary/aromatic N) is 2. The summed E-state index contributed by atoms with van der Waals surface area (Å²) in [6.07, 6.45) is 3.66. The van der Waals surface area contributed by atoms with Crippen LogP contribution in [0.3, 0.4) is 0 Å². The fraction of sp³-hybridized carbons (Fsp3) is 0.125. The molecule has 0 radical (unpaired) electrons. The molecule has 0 bridgehead atoms. The van der Waals surface area contributed by atoms with Gasteiger partial charge in [-0.1, -0.05) is 6.07 Å². The lowest BCUT2D eigenvalue weighted by atomic mass is 10.2. The van der Waals surface area contributed by atoms with E-state index in [2.05, 4.69) is 15.6 Å². The van der Waals surface area contributed by atoms with E-state index in [1.54, 1.807) is 12.3 Å². The summed E-state index contributed by atoms with van der Waals surface area (Å²) in [5, 5.41) is 6.77. The average Bonchev–Trinajstić information content (AvgIpc) is 2.80. The van der Waals surface area contributed by atoms with Crippen LogP contribution in [0.5, 0.6) is 0 Å². The second-order valence-electron chi connectivity index (χ2n) is 4.97. The van der Waals surface area contributed by atoms with Crippen LogP contribution in [0, 0.1) is 6.92 Å². The summed E-state index contributed by atoms with van der Waals surface area (Å²) in [5.41, 5.74) is 3.41. The molecule has 0 aliphatic heterocycles. The Morgan fingerprint density at radius 2 is 1.86 bits per heavy atom. The Hall–Kier alpha value is -2.82. The van der Waals surface area contributed by atoms with Gasteiger partial charge in [0.1, 0.15) is 0 Å². The molecule has 3 aromatic rings. The van der Waals surface area contributed by atoms with E-state index < -0.39 is 0 Å². The Morgan fingerprint density at radius 1 is 1.10 bits per heavy atom. The maximum Gasteiger partial charge on any atom is 0.323 e. The molecule has 0 aliphatic rings. The molecule has 3 rings (SSSR count). The third-order valence-electron chi connectivity index (χ3n) is 3.30. The summed E-state index contributed by atoms with van der Waals surface area (Å²) in [6.45, 7) is 1.88. The molecular weight excluding hydrogens is 264 g/mol. The van der Waals surface area contributed by atoms with E-state index in [4.69, 9.17) is 0 Å². The molecule has 0 saturated carbocycles. The number of rotatable bonds is 2. The molecule has 2 N–H and O–H groups in total. The van der Waals surface area contributed by atoms with E-state index in [1.165, 1.54) is 0 Å². The summed E-state index contributed by atoms with van der Waals surface area (Å²) in [4.78, 5) is 16.1. The highest BCUT2D eigenvalue weighted by atomic mass is 16.2. The molecule has 1 aromatic carbocycles. The van der Waals surface area contributed by atoms with Gasteiger partial charge in [-0.25, -0.2) is 4.79 Å². The Bertz CT molecular complexity index is 807. The average molecular weight is 280 g/mol. The summed E-state index contributed by atoms with van der Waals surface area (Å²) in [5.74, 6) is 0. The minimum atomic E-state index is -0.269. The standard InChI is InChI=1S/C16H16N4O/c1-11-9-14(5-7-17-11)19-16(21)18-13-4-3-12-6-8-20(2)15(12)10-13/h3-10H,1-2H3,(H2,17,18,19,21). The van der Waals surface area contributed by atoms with Gasteiger partial charge in [0.25, 0.3) is 0 Å². The first-order valence-corrected chi connectivity index (χ1v) is 6.67. The Labute approximate surface area is 122 Å². The number of nitrogens with one attached hydrogen (secondary N) is 2. The number of fused-ring (bicyclic) bond motifs is 1. The van der Waals surface area contributed by atoms with Crippen molar-refractivity contribution in [3.8, 4) is 0 Å². The number of benzene rings is 1. The third kappa shape index (κ3) is 2.86. The van der Waals surface area contributed by atoms with Gasteiger partial charge in [0.05, 0.1) is 0 Å². The van der Waals surface area contributed by atoms with Gasteiger partial charge in [0.15, 0.2) is 0 Å². The zero-order chi connectivity index (χ0) is 14.8. The van der Waals surface area contributed by atoms with Gasteiger partial charge >= 0.3 is 6.03 Å². The lowest BCUT2D eigenvalue weighted by molar-refractivity contribution is 0.262. The van der Waals surface area contributed by atoms with Gasteiger partial charge in [-0.15, -0.1) is 0 Å². The number of hydrogen-bond acceptors (Lipinski definition) is 2. The van der Waals surface area contributed by atoms with Crippen molar-refractivity contribution in [2.75, 3.05) is 10.6 Å². The normalized spacial score (nSPS) is 10.6. The van der Waals surface area contributed by atoms with Crippen LogP contribution in [0.2, 0.25) is 0 Å². The van der Waals surface area contributed by atoms with Crippen LogP contribution >= 0.6 is 0 Å². The van der Waals surface area contributed by atoms with E-state index in [0.717, 1.165) is 28.0 Å². The van der Waals surface area contributed by atoms with Crippen molar-refractivity contribution in [3.05, 3.63) is 54.5 Å². The summed E-state index contributed by atoms with van der Waals surface area (Å²) in [6, 6.07) is 11.2. The van der Waals surface area contributed by atoms with Gasteiger partial charge in [-0.05, 0) is 42.6 Å². The van der Waals surface area contributed by atoms with Crippen molar-refractivity contribution in [3.63, 3.8) is 0 Å². The first kappa shape index (κ1) is 13.2. The molecule has 2 aromatic heterocycles. The number of pyridine rings is 1. The summed E-state index contributed by atoms with van der Waals surface area (Å²) >= 11 is 0. The maximum atomic E-state index is 12.0. The molecule has 106 valence electrons. The monoisotopic (exact) mass is 280 g/mol. The van der Waals surface area contributed by atoms with Crippen LogP contribution in [-0.4, -0.2) is 15.6 Å². The molecule has 0 spiro atoms. The molecule has 2 amide bonds. The van der Waals surface area contributed by atoms with E-state index in [1.807, 2.05) is 55.1 Å². The third-order valence-corrected chi connectivity index (χ3v) is 3.30. The number of carbonyl (C=O) groups excluding carboxylic acids is 1. The SMILES string of the molecule is Cc1cc(NC(=O)Nc2ccc3ccn(C)c3c2)ccn1. The van der Waals surface area contributed by atoms with Gasteiger partial charge < -0.3 is 15.2 Å². The van der Waals surface area contributed by atoms with Crippen LogP contribution < -0.4 is 10.6 Å². The highest BCUT2D eigenvalue weighted by molar-refractivity contribution is 6.00. The smallest absolute Gasteiger partial charge is 0.323 e.